The molecular weight excluding hydrogens is 388 g/mol. The minimum Gasteiger partial charge on any atom is -0.507 e. The first kappa shape index (κ1) is 27.0. The molecule has 0 bridgehead atoms. The van der Waals surface area contributed by atoms with E-state index in [0.717, 1.165) is 33.4 Å². The van der Waals surface area contributed by atoms with Gasteiger partial charge in [0.1, 0.15) is 11.5 Å². The Labute approximate surface area is 188 Å². The number of benzene rings is 2. The number of aromatic hydroxyl groups is 2. The van der Waals surface area contributed by atoms with Gasteiger partial charge < -0.3 is 20.4 Å². The molecule has 0 heterocycles. The molecule has 0 aliphatic heterocycles. The van der Waals surface area contributed by atoms with E-state index < -0.39 is 0 Å². The van der Waals surface area contributed by atoms with Crippen molar-refractivity contribution in [2.45, 2.75) is 98.7 Å². The van der Waals surface area contributed by atoms with Gasteiger partial charge in [-0.15, -0.1) is 0 Å². The topological polar surface area (TPSA) is 80.9 Å². The second-order valence-electron chi connectivity index (χ2n) is 11.4. The molecule has 0 fully saturated rings. The highest BCUT2D eigenvalue weighted by molar-refractivity contribution is 5.50. The fourth-order valence-electron chi connectivity index (χ4n) is 3.45. The van der Waals surface area contributed by atoms with Crippen LogP contribution in [0.2, 0.25) is 0 Å². The molecule has 0 spiro atoms. The highest BCUT2D eigenvalue weighted by Gasteiger charge is 2.26. The molecule has 0 aliphatic carbocycles. The van der Waals surface area contributed by atoms with Crippen LogP contribution in [0.15, 0.2) is 24.3 Å². The molecule has 0 atom stereocenters. The molecule has 31 heavy (non-hydrogen) atoms. The summed E-state index contributed by atoms with van der Waals surface area (Å²) in [4.78, 5) is 0. The molecule has 2 aromatic rings. The first-order valence-electron chi connectivity index (χ1n) is 10.8. The maximum atomic E-state index is 10.4. The van der Waals surface area contributed by atoms with E-state index in [0.29, 0.717) is 11.5 Å². The van der Waals surface area contributed by atoms with Crippen LogP contribution in [0.25, 0.3) is 0 Å². The van der Waals surface area contributed by atoms with E-state index >= 15 is 0 Å². The third-order valence-electron chi connectivity index (χ3n) is 5.32. The summed E-state index contributed by atoms with van der Waals surface area (Å²) in [6.07, 6.45) is 0. The number of hydrogen-bond donors (Lipinski definition) is 4. The Hall–Kier alpha value is -2.04. The summed E-state index contributed by atoms with van der Waals surface area (Å²) in [5.74, 6) is 0.705. The fourth-order valence-corrected chi connectivity index (χ4v) is 3.45. The van der Waals surface area contributed by atoms with E-state index in [1.54, 1.807) is 0 Å². The summed E-state index contributed by atoms with van der Waals surface area (Å²) in [6.45, 7) is 20.4. The van der Waals surface area contributed by atoms with E-state index in [-0.39, 0.29) is 29.5 Å². The van der Waals surface area contributed by atoms with Gasteiger partial charge in [-0.2, -0.15) is 0 Å². The monoisotopic (exact) mass is 430 g/mol. The normalized spacial score (nSPS) is 12.4. The van der Waals surface area contributed by atoms with Crippen LogP contribution in [0.1, 0.15) is 95.7 Å². The van der Waals surface area contributed by atoms with Crippen molar-refractivity contribution in [3.8, 4) is 11.5 Å². The van der Waals surface area contributed by atoms with Crippen LogP contribution in [0, 0.1) is 6.92 Å². The Morgan fingerprint density at radius 2 is 0.839 bits per heavy atom. The van der Waals surface area contributed by atoms with Crippen molar-refractivity contribution in [3.63, 3.8) is 0 Å². The molecule has 4 heteroatoms. The highest BCUT2D eigenvalue weighted by atomic mass is 16.3. The lowest BCUT2D eigenvalue weighted by molar-refractivity contribution is 0.280. The van der Waals surface area contributed by atoms with Crippen LogP contribution >= 0.6 is 0 Å². The number of phenolic OH excluding ortho intramolecular Hbond substituents is 2. The van der Waals surface area contributed by atoms with Crippen molar-refractivity contribution < 1.29 is 20.4 Å². The van der Waals surface area contributed by atoms with Crippen LogP contribution in [0.5, 0.6) is 11.5 Å². The van der Waals surface area contributed by atoms with E-state index in [4.69, 9.17) is 5.11 Å². The van der Waals surface area contributed by atoms with E-state index in [1.165, 1.54) is 0 Å². The van der Waals surface area contributed by atoms with Gasteiger partial charge in [0.2, 0.25) is 0 Å². The number of aliphatic hydroxyl groups is 2. The molecule has 0 saturated heterocycles. The van der Waals surface area contributed by atoms with E-state index in [1.807, 2.05) is 52.0 Å². The average molecular weight is 431 g/mol. The van der Waals surface area contributed by atoms with Gasteiger partial charge in [0.05, 0.1) is 13.2 Å². The van der Waals surface area contributed by atoms with Crippen LogP contribution in [0.3, 0.4) is 0 Å². The molecule has 174 valence electrons. The Morgan fingerprint density at radius 3 is 1.13 bits per heavy atom. The minimum absolute atomic E-state index is 0.00639. The summed E-state index contributed by atoms with van der Waals surface area (Å²) in [5, 5.41) is 38.7. The quantitative estimate of drug-likeness (QED) is 0.473. The van der Waals surface area contributed by atoms with Crippen LogP contribution in [-0.4, -0.2) is 20.4 Å². The number of aliphatic hydroxyl groups excluding tert-OH is 2. The lowest BCUT2D eigenvalue weighted by atomic mass is 9.78. The van der Waals surface area contributed by atoms with Crippen molar-refractivity contribution in [2.24, 2.45) is 0 Å². The summed E-state index contributed by atoms with van der Waals surface area (Å²) in [5.41, 5.74) is 4.86. The van der Waals surface area contributed by atoms with Crippen molar-refractivity contribution in [1.82, 2.24) is 0 Å². The van der Waals surface area contributed by atoms with Crippen LogP contribution in [-0.2, 0) is 29.5 Å². The Kier molecular flexibility index (Phi) is 8.38. The third kappa shape index (κ3) is 6.98. The second-order valence-corrected chi connectivity index (χ2v) is 11.4. The molecule has 0 unspecified atom stereocenters. The van der Waals surface area contributed by atoms with Crippen LogP contribution in [0.4, 0.5) is 0 Å². The summed E-state index contributed by atoms with van der Waals surface area (Å²) >= 11 is 0. The second kappa shape index (κ2) is 9.62. The van der Waals surface area contributed by atoms with Crippen molar-refractivity contribution in [3.05, 3.63) is 57.6 Å². The lowest BCUT2D eigenvalue weighted by Crippen LogP contribution is -2.17. The lowest BCUT2D eigenvalue weighted by Gasteiger charge is -2.28. The highest BCUT2D eigenvalue weighted by Crippen LogP contribution is 2.39. The van der Waals surface area contributed by atoms with Gasteiger partial charge in [-0.1, -0.05) is 68.4 Å². The standard InChI is InChI=1S/C15H24O2.C12H18O2/c1-14(2,3)11-7-10(9-16)8-12(13(11)17)15(4,5)6;1-8-5-9(7-13)6-10(11(8)14)12(2,3)4/h7-8,16-17H,9H2,1-6H3;5-6,13-14H,7H2,1-4H3. The van der Waals surface area contributed by atoms with E-state index in [9.17, 15) is 15.3 Å². The van der Waals surface area contributed by atoms with Crippen LogP contribution < -0.4 is 0 Å². The molecule has 0 aromatic heterocycles. The van der Waals surface area contributed by atoms with Gasteiger partial charge in [-0.25, -0.2) is 0 Å². The molecule has 0 radical (unpaired) electrons. The SMILES string of the molecule is CC(C)(C)c1cc(CO)cc(C(C)(C)C)c1O.Cc1cc(CO)cc(C(C)(C)C)c1O. The van der Waals surface area contributed by atoms with E-state index in [2.05, 4.69) is 41.5 Å². The maximum absolute atomic E-state index is 10.4. The number of aryl methyl sites for hydroxylation is 1. The molecule has 0 amide bonds. The van der Waals surface area contributed by atoms with Crippen molar-refractivity contribution >= 4 is 0 Å². The van der Waals surface area contributed by atoms with Gasteiger partial charge in [0, 0.05) is 0 Å². The molecule has 4 N–H and O–H groups in total. The average Bonchev–Trinajstić information content (AvgIpc) is 2.61. The molecule has 4 nitrogen and oxygen atoms in total. The summed E-state index contributed by atoms with van der Waals surface area (Å²) in [6, 6.07) is 7.46. The predicted octanol–water partition coefficient (Wildman–Crippen LogP) is 5.97. The Morgan fingerprint density at radius 1 is 0.548 bits per heavy atom. The first-order chi connectivity index (χ1) is 13.9. The Balaban J connectivity index is 0.000000316. The molecule has 0 aliphatic rings. The number of hydrogen-bond acceptors (Lipinski definition) is 4. The zero-order chi connectivity index (χ0) is 24.4. The zero-order valence-electron chi connectivity index (χ0n) is 21.0. The van der Waals surface area contributed by atoms with Gasteiger partial charge in [0.25, 0.3) is 0 Å². The smallest absolute Gasteiger partial charge is 0.123 e. The molecule has 2 aromatic carbocycles. The summed E-state index contributed by atoms with van der Waals surface area (Å²) < 4.78 is 0. The number of phenols is 2. The van der Waals surface area contributed by atoms with Gasteiger partial charge in [-0.05, 0) is 74.7 Å². The van der Waals surface area contributed by atoms with Crippen molar-refractivity contribution in [1.29, 1.82) is 0 Å². The first-order valence-corrected chi connectivity index (χ1v) is 10.8. The molecular formula is C27H42O4. The molecule has 2 rings (SSSR count). The predicted molar refractivity (Wildman–Crippen MR) is 129 cm³/mol. The number of rotatable bonds is 2. The summed E-state index contributed by atoms with van der Waals surface area (Å²) in [7, 11) is 0. The van der Waals surface area contributed by atoms with Gasteiger partial charge in [0.15, 0.2) is 0 Å². The van der Waals surface area contributed by atoms with Gasteiger partial charge >= 0.3 is 0 Å². The maximum Gasteiger partial charge on any atom is 0.123 e. The Bertz CT molecular complexity index is 856. The third-order valence-corrected chi connectivity index (χ3v) is 5.32. The zero-order valence-corrected chi connectivity index (χ0v) is 21.0. The van der Waals surface area contributed by atoms with Gasteiger partial charge in [-0.3, -0.25) is 0 Å². The van der Waals surface area contributed by atoms with Crippen molar-refractivity contribution in [2.75, 3.05) is 0 Å². The largest absolute Gasteiger partial charge is 0.507 e. The fraction of sp³-hybridized carbons (Fsp3) is 0.556. The molecule has 0 saturated carbocycles. The minimum atomic E-state index is -0.130.